The smallest absolute Gasteiger partial charge is 0.00139 e. The lowest BCUT2D eigenvalue weighted by atomic mass is 10.0. The van der Waals surface area contributed by atoms with Crippen molar-refractivity contribution < 1.29 is 0 Å². The molecule has 0 atom stereocenters. The Labute approximate surface area is 94.2 Å². The molecule has 2 radical (unpaired) electrons. The zero-order valence-electron chi connectivity index (χ0n) is 8.62. The summed E-state index contributed by atoms with van der Waals surface area (Å²) < 4.78 is 0. The van der Waals surface area contributed by atoms with Crippen molar-refractivity contribution in [1.82, 2.24) is 0 Å². The molecule has 0 aromatic heterocycles. The SMILES string of the molecule is [c]1ccc2c3c(cc[c]c13)-c1ccccc1-2. The van der Waals surface area contributed by atoms with E-state index in [4.69, 9.17) is 0 Å². The Morgan fingerprint density at radius 3 is 1.75 bits per heavy atom. The minimum absolute atomic E-state index is 1.09. The molecule has 0 fully saturated rings. The van der Waals surface area contributed by atoms with Gasteiger partial charge in [-0.15, -0.1) is 0 Å². The van der Waals surface area contributed by atoms with Crippen LogP contribution in [0.1, 0.15) is 0 Å². The zero-order chi connectivity index (χ0) is 10.5. The monoisotopic (exact) mass is 200 g/mol. The topological polar surface area (TPSA) is 0 Å². The summed E-state index contributed by atoms with van der Waals surface area (Å²) in [5.74, 6) is 0. The molecule has 0 heterocycles. The van der Waals surface area contributed by atoms with Gasteiger partial charge in [0.2, 0.25) is 0 Å². The molecule has 72 valence electrons. The summed E-state index contributed by atoms with van der Waals surface area (Å²) in [6.45, 7) is 0. The molecule has 0 saturated heterocycles. The molecule has 3 aromatic carbocycles. The number of hydrogen-bond donors (Lipinski definition) is 0. The number of benzene rings is 3. The van der Waals surface area contributed by atoms with Crippen LogP contribution in [0.2, 0.25) is 0 Å². The normalized spacial score (nSPS) is 11.8. The Bertz CT molecular complexity index is 650. The second kappa shape index (κ2) is 2.73. The molecule has 0 unspecified atom stereocenters. The maximum Gasteiger partial charge on any atom is -0.00139 e. The van der Waals surface area contributed by atoms with Crippen molar-refractivity contribution in [2.45, 2.75) is 0 Å². The summed E-state index contributed by atoms with van der Waals surface area (Å²) in [6, 6.07) is 23.3. The third kappa shape index (κ3) is 0.849. The van der Waals surface area contributed by atoms with Gasteiger partial charge in [0, 0.05) is 0 Å². The first-order valence-electron chi connectivity index (χ1n) is 5.40. The molecule has 0 nitrogen and oxygen atoms in total. The van der Waals surface area contributed by atoms with E-state index in [1.54, 1.807) is 0 Å². The largest absolute Gasteiger partial charge is 0.0616 e. The fourth-order valence-corrected chi connectivity index (χ4v) is 2.59. The number of fused-ring (bicyclic) bond motifs is 3. The zero-order valence-corrected chi connectivity index (χ0v) is 8.62. The van der Waals surface area contributed by atoms with Crippen LogP contribution in [0.25, 0.3) is 33.0 Å². The maximum absolute atomic E-state index is 3.25. The lowest BCUT2D eigenvalue weighted by Gasteiger charge is -1.99. The lowest BCUT2D eigenvalue weighted by molar-refractivity contribution is 1.69. The first kappa shape index (κ1) is 8.12. The van der Waals surface area contributed by atoms with Gasteiger partial charge in [-0.3, -0.25) is 0 Å². The summed E-state index contributed by atoms with van der Waals surface area (Å²) in [5, 5.41) is 2.39. The molecule has 0 heteroatoms. The Morgan fingerprint density at radius 2 is 1.19 bits per heavy atom. The fraction of sp³-hybridized carbons (Fsp3) is 0. The van der Waals surface area contributed by atoms with Crippen LogP contribution < -0.4 is 0 Å². The molecule has 0 saturated carbocycles. The summed E-state index contributed by atoms with van der Waals surface area (Å²) in [4.78, 5) is 0. The Kier molecular flexibility index (Phi) is 1.39. The molecule has 4 rings (SSSR count). The number of hydrogen-bond acceptors (Lipinski definition) is 0. The summed E-state index contributed by atoms with van der Waals surface area (Å²) in [6.07, 6.45) is 0. The van der Waals surface area contributed by atoms with Gasteiger partial charge in [0.05, 0.1) is 0 Å². The average molecular weight is 200 g/mol. The van der Waals surface area contributed by atoms with Crippen LogP contribution in [0.15, 0.2) is 48.5 Å². The van der Waals surface area contributed by atoms with Crippen LogP contribution in [0.5, 0.6) is 0 Å². The predicted molar refractivity (Wildman–Crippen MR) is 66.1 cm³/mol. The van der Waals surface area contributed by atoms with Crippen molar-refractivity contribution in [1.29, 1.82) is 0 Å². The van der Waals surface area contributed by atoms with E-state index in [1.165, 1.54) is 27.6 Å². The van der Waals surface area contributed by atoms with Gasteiger partial charge < -0.3 is 0 Å². The summed E-state index contributed by atoms with van der Waals surface area (Å²) >= 11 is 0. The van der Waals surface area contributed by atoms with Crippen LogP contribution in [-0.2, 0) is 0 Å². The Morgan fingerprint density at radius 1 is 0.625 bits per heavy atom. The second-order valence-corrected chi connectivity index (χ2v) is 4.08. The second-order valence-electron chi connectivity index (χ2n) is 4.08. The molecule has 1 aliphatic rings. The lowest BCUT2D eigenvalue weighted by Crippen LogP contribution is -1.74. The minimum atomic E-state index is 1.09. The standard InChI is InChI=1S/C16H8/c1-2-8-13-12(7-1)14-9-3-5-11-6-4-10-15(13)16(11)14/h1-4,7-10H. The summed E-state index contributed by atoms with van der Waals surface area (Å²) in [5.41, 5.74) is 5.29. The van der Waals surface area contributed by atoms with Gasteiger partial charge >= 0.3 is 0 Å². The average Bonchev–Trinajstić information content (AvgIpc) is 2.68. The highest BCUT2D eigenvalue weighted by atomic mass is 14.2. The summed E-state index contributed by atoms with van der Waals surface area (Å²) in [7, 11) is 0. The third-order valence-electron chi connectivity index (χ3n) is 3.25. The van der Waals surface area contributed by atoms with E-state index in [1.807, 2.05) is 12.1 Å². The van der Waals surface area contributed by atoms with Crippen molar-refractivity contribution in [2.75, 3.05) is 0 Å². The van der Waals surface area contributed by atoms with E-state index in [0.29, 0.717) is 0 Å². The Hall–Kier alpha value is -2.08. The van der Waals surface area contributed by atoms with Crippen molar-refractivity contribution in [3.63, 3.8) is 0 Å². The predicted octanol–water partition coefficient (Wildman–Crippen LogP) is 4.09. The fourth-order valence-electron chi connectivity index (χ4n) is 2.59. The molecule has 1 aliphatic carbocycles. The van der Waals surface area contributed by atoms with E-state index >= 15 is 0 Å². The van der Waals surface area contributed by atoms with Gasteiger partial charge in [-0.2, -0.15) is 0 Å². The molecule has 0 bridgehead atoms. The Balaban J connectivity index is 2.31. The molecule has 0 N–H and O–H groups in total. The van der Waals surface area contributed by atoms with Crippen molar-refractivity contribution in [2.24, 2.45) is 0 Å². The first-order valence-corrected chi connectivity index (χ1v) is 5.40. The quantitative estimate of drug-likeness (QED) is 0.401. The van der Waals surface area contributed by atoms with Crippen LogP contribution in [0, 0.1) is 12.1 Å². The van der Waals surface area contributed by atoms with Gasteiger partial charge in [-0.05, 0) is 45.2 Å². The molecule has 0 amide bonds. The number of rotatable bonds is 0. The van der Waals surface area contributed by atoms with Crippen molar-refractivity contribution in [3.05, 3.63) is 60.7 Å². The maximum atomic E-state index is 3.25. The van der Waals surface area contributed by atoms with Crippen LogP contribution >= 0.6 is 0 Å². The highest BCUT2D eigenvalue weighted by Crippen LogP contribution is 2.46. The molecule has 3 aromatic rings. The van der Waals surface area contributed by atoms with Crippen LogP contribution in [0.4, 0.5) is 0 Å². The van der Waals surface area contributed by atoms with E-state index in [0.717, 1.165) is 5.39 Å². The molecular formula is C16H8. The highest BCUT2D eigenvalue weighted by molar-refractivity contribution is 6.14. The van der Waals surface area contributed by atoms with E-state index in [-0.39, 0.29) is 0 Å². The van der Waals surface area contributed by atoms with Crippen LogP contribution in [-0.4, -0.2) is 0 Å². The molecule has 16 heavy (non-hydrogen) atoms. The van der Waals surface area contributed by atoms with E-state index < -0.39 is 0 Å². The minimum Gasteiger partial charge on any atom is -0.0616 e. The van der Waals surface area contributed by atoms with Gasteiger partial charge in [0.25, 0.3) is 0 Å². The van der Waals surface area contributed by atoms with Gasteiger partial charge in [-0.25, -0.2) is 0 Å². The van der Waals surface area contributed by atoms with E-state index in [9.17, 15) is 0 Å². The van der Waals surface area contributed by atoms with E-state index in [2.05, 4.69) is 48.5 Å². The van der Waals surface area contributed by atoms with Crippen LogP contribution in [0.3, 0.4) is 0 Å². The van der Waals surface area contributed by atoms with Crippen molar-refractivity contribution >= 4 is 10.8 Å². The molecule has 0 aliphatic heterocycles. The molecule has 0 spiro atoms. The van der Waals surface area contributed by atoms with Crippen molar-refractivity contribution in [3.8, 4) is 22.3 Å². The highest BCUT2D eigenvalue weighted by Gasteiger charge is 2.19. The third-order valence-corrected chi connectivity index (χ3v) is 3.25. The van der Waals surface area contributed by atoms with Gasteiger partial charge in [0.15, 0.2) is 0 Å². The van der Waals surface area contributed by atoms with Gasteiger partial charge in [-0.1, -0.05) is 48.5 Å². The first-order chi connectivity index (χ1) is 7.95. The molecular weight excluding hydrogens is 192 g/mol. The van der Waals surface area contributed by atoms with Gasteiger partial charge in [0.1, 0.15) is 0 Å².